The molecule has 2 nitrogen and oxygen atoms in total. The van der Waals surface area contributed by atoms with Gasteiger partial charge in [-0.25, -0.2) is 4.39 Å². The number of nitrogens with one attached hydrogen (secondary N) is 1. The Kier molecular flexibility index (Phi) is 5.20. The van der Waals surface area contributed by atoms with Gasteiger partial charge in [0.2, 0.25) is 0 Å². The fourth-order valence-corrected chi connectivity index (χ4v) is 1.54. The minimum atomic E-state index is -0.299. The Morgan fingerprint density at radius 2 is 2.29 bits per heavy atom. The number of rotatable bonds is 5. The van der Waals surface area contributed by atoms with Crippen molar-refractivity contribution in [2.75, 3.05) is 0 Å². The summed E-state index contributed by atoms with van der Waals surface area (Å²) in [6, 6.07) is 6.53. The summed E-state index contributed by atoms with van der Waals surface area (Å²) < 4.78 is 13.5. The van der Waals surface area contributed by atoms with Crippen LogP contribution >= 0.6 is 0 Å². The largest absolute Gasteiger partial charge is 0.309 e. The van der Waals surface area contributed by atoms with Crippen LogP contribution in [0.15, 0.2) is 18.2 Å². The molecule has 0 heterocycles. The van der Waals surface area contributed by atoms with Gasteiger partial charge in [0.25, 0.3) is 0 Å². The summed E-state index contributed by atoms with van der Waals surface area (Å²) >= 11 is 0. The van der Waals surface area contributed by atoms with Crippen LogP contribution in [0, 0.1) is 29.5 Å². The van der Waals surface area contributed by atoms with Crippen LogP contribution in [0.3, 0.4) is 0 Å². The van der Waals surface area contributed by atoms with E-state index in [1.54, 1.807) is 6.07 Å². The molecule has 88 valence electrons. The summed E-state index contributed by atoms with van der Waals surface area (Å²) in [5.41, 5.74) is 0.965. The average Bonchev–Trinajstić information content (AvgIpc) is 2.36. The van der Waals surface area contributed by atoms with Crippen LogP contribution in [-0.4, -0.2) is 6.04 Å². The highest BCUT2D eigenvalue weighted by atomic mass is 19.1. The second-order valence-electron chi connectivity index (χ2n) is 3.81. The molecule has 1 aromatic rings. The van der Waals surface area contributed by atoms with E-state index in [2.05, 4.69) is 11.2 Å². The summed E-state index contributed by atoms with van der Waals surface area (Å²) in [4.78, 5) is 0. The Balaban J connectivity index is 2.69. The average molecular weight is 230 g/mol. The number of benzene rings is 1. The van der Waals surface area contributed by atoms with Crippen molar-refractivity contribution >= 4 is 0 Å². The van der Waals surface area contributed by atoms with E-state index in [1.807, 2.05) is 13.0 Å². The van der Waals surface area contributed by atoms with E-state index in [0.29, 0.717) is 24.1 Å². The monoisotopic (exact) mass is 230 g/mol. The lowest BCUT2D eigenvalue weighted by molar-refractivity contribution is 0.494. The standard InChI is InChI=1S/C14H15FN2/c1-3-5-13(4-2)17-10-12-8-11(9-16)6-7-14(12)15/h1,6-8,13,17H,4-5,10H2,2H3. The first kappa shape index (κ1) is 13.2. The van der Waals surface area contributed by atoms with Crippen LogP contribution < -0.4 is 5.32 Å². The van der Waals surface area contributed by atoms with Gasteiger partial charge in [0.05, 0.1) is 11.6 Å². The molecule has 1 rings (SSSR count). The predicted molar refractivity (Wildman–Crippen MR) is 65.5 cm³/mol. The van der Waals surface area contributed by atoms with Gasteiger partial charge in [0.15, 0.2) is 0 Å². The van der Waals surface area contributed by atoms with Crippen LogP contribution in [0.1, 0.15) is 30.9 Å². The Hall–Kier alpha value is -1.84. The normalized spacial score (nSPS) is 11.5. The fraction of sp³-hybridized carbons (Fsp3) is 0.357. The SMILES string of the molecule is C#CCC(CC)NCc1cc(C#N)ccc1F. The highest BCUT2D eigenvalue weighted by Gasteiger charge is 2.07. The van der Waals surface area contributed by atoms with Crippen molar-refractivity contribution in [1.29, 1.82) is 5.26 Å². The molecule has 1 atom stereocenters. The number of hydrogen-bond acceptors (Lipinski definition) is 2. The molecule has 0 fully saturated rings. The molecule has 0 bridgehead atoms. The lowest BCUT2D eigenvalue weighted by Crippen LogP contribution is -2.27. The van der Waals surface area contributed by atoms with Gasteiger partial charge in [-0.15, -0.1) is 12.3 Å². The first-order chi connectivity index (χ1) is 8.21. The van der Waals surface area contributed by atoms with Gasteiger partial charge in [-0.2, -0.15) is 5.26 Å². The first-order valence-electron chi connectivity index (χ1n) is 5.56. The quantitative estimate of drug-likeness (QED) is 0.789. The molecule has 0 aliphatic rings. The van der Waals surface area contributed by atoms with Crippen molar-refractivity contribution in [3.05, 3.63) is 35.1 Å². The summed E-state index contributed by atoms with van der Waals surface area (Å²) in [6.07, 6.45) is 6.76. The van der Waals surface area contributed by atoms with E-state index in [0.717, 1.165) is 6.42 Å². The van der Waals surface area contributed by atoms with Crippen LogP contribution in [0.25, 0.3) is 0 Å². The summed E-state index contributed by atoms with van der Waals surface area (Å²) in [5.74, 6) is 2.28. The zero-order chi connectivity index (χ0) is 12.7. The zero-order valence-electron chi connectivity index (χ0n) is 9.83. The van der Waals surface area contributed by atoms with Crippen molar-refractivity contribution in [2.24, 2.45) is 0 Å². The molecule has 1 aromatic carbocycles. The van der Waals surface area contributed by atoms with Gasteiger partial charge in [-0.1, -0.05) is 6.92 Å². The van der Waals surface area contributed by atoms with E-state index in [9.17, 15) is 4.39 Å². The van der Waals surface area contributed by atoms with Crippen LogP contribution in [0.2, 0.25) is 0 Å². The van der Waals surface area contributed by atoms with E-state index in [4.69, 9.17) is 11.7 Å². The number of halogens is 1. The minimum Gasteiger partial charge on any atom is -0.309 e. The molecule has 0 amide bonds. The molecule has 0 radical (unpaired) electrons. The van der Waals surface area contributed by atoms with Gasteiger partial charge in [0.1, 0.15) is 5.82 Å². The molecule has 17 heavy (non-hydrogen) atoms. The Labute approximate surface area is 101 Å². The molecule has 0 aliphatic carbocycles. The van der Waals surface area contributed by atoms with Crippen molar-refractivity contribution in [3.8, 4) is 18.4 Å². The van der Waals surface area contributed by atoms with Crippen LogP contribution in [-0.2, 0) is 6.54 Å². The van der Waals surface area contributed by atoms with Crippen molar-refractivity contribution in [2.45, 2.75) is 32.4 Å². The Morgan fingerprint density at radius 1 is 1.53 bits per heavy atom. The number of nitrogens with zero attached hydrogens (tertiary/aromatic N) is 1. The van der Waals surface area contributed by atoms with Gasteiger partial charge in [-0.05, 0) is 24.6 Å². The van der Waals surface area contributed by atoms with Crippen molar-refractivity contribution in [3.63, 3.8) is 0 Å². The molecule has 0 saturated carbocycles. The van der Waals surface area contributed by atoms with Crippen LogP contribution in [0.5, 0.6) is 0 Å². The topological polar surface area (TPSA) is 35.8 Å². The molecule has 3 heteroatoms. The summed E-state index contributed by atoms with van der Waals surface area (Å²) in [5, 5.41) is 11.9. The Morgan fingerprint density at radius 3 is 2.88 bits per heavy atom. The first-order valence-corrected chi connectivity index (χ1v) is 5.56. The van der Waals surface area contributed by atoms with Crippen LogP contribution in [0.4, 0.5) is 4.39 Å². The molecule has 1 unspecified atom stereocenters. The van der Waals surface area contributed by atoms with E-state index < -0.39 is 0 Å². The third kappa shape index (κ3) is 3.90. The Bertz CT molecular complexity index is 454. The van der Waals surface area contributed by atoms with E-state index in [-0.39, 0.29) is 11.9 Å². The molecule has 1 N–H and O–H groups in total. The highest BCUT2D eigenvalue weighted by molar-refractivity contribution is 5.33. The molecular weight excluding hydrogens is 215 g/mol. The second-order valence-corrected chi connectivity index (χ2v) is 3.81. The summed E-state index contributed by atoms with van der Waals surface area (Å²) in [6.45, 7) is 2.42. The second kappa shape index (κ2) is 6.68. The van der Waals surface area contributed by atoms with Crippen molar-refractivity contribution < 1.29 is 4.39 Å². The lowest BCUT2D eigenvalue weighted by Gasteiger charge is -2.14. The molecule has 0 aromatic heterocycles. The lowest BCUT2D eigenvalue weighted by atomic mass is 10.1. The van der Waals surface area contributed by atoms with E-state index >= 15 is 0 Å². The highest BCUT2D eigenvalue weighted by Crippen LogP contribution is 2.10. The van der Waals surface area contributed by atoms with Gasteiger partial charge in [-0.3, -0.25) is 0 Å². The van der Waals surface area contributed by atoms with Gasteiger partial charge >= 0.3 is 0 Å². The van der Waals surface area contributed by atoms with E-state index in [1.165, 1.54) is 12.1 Å². The number of nitriles is 1. The van der Waals surface area contributed by atoms with Gasteiger partial charge in [0, 0.05) is 24.6 Å². The zero-order valence-corrected chi connectivity index (χ0v) is 9.83. The molecule has 0 saturated heterocycles. The minimum absolute atomic E-state index is 0.185. The number of hydrogen-bond donors (Lipinski definition) is 1. The number of terminal acetylenes is 1. The molecule has 0 aliphatic heterocycles. The van der Waals surface area contributed by atoms with Crippen molar-refractivity contribution in [1.82, 2.24) is 5.32 Å². The predicted octanol–water partition coefficient (Wildman–Crippen LogP) is 2.59. The third-order valence-electron chi connectivity index (χ3n) is 2.61. The molecule has 0 spiro atoms. The maximum Gasteiger partial charge on any atom is 0.127 e. The van der Waals surface area contributed by atoms with Gasteiger partial charge < -0.3 is 5.32 Å². The third-order valence-corrected chi connectivity index (χ3v) is 2.61. The molecular formula is C14H15FN2. The summed E-state index contributed by atoms with van der Waals surface area (Å²) in [7, 11) is 0. The maximum atomic E-state index is 13.5. The maximum absolute atomic E-state index is 13.5. The smallest absolute Gasteiger partial charge is 0.127 e. The fourth-order valence-electron chi connectivity index (χ4n) is 1.54.